The van der Waals surface area contributed by atoms with E-state index in [1.165, 1.54) is 12.4 Å². The van der Waals surface area contributed by atoms with Gasteiger partial charge in [-0.15, -0.1) is 0 Å². The summed E-state index contributed by atoms with van der Waals surface area (Å²) in [6.07, 6.45) is 2.72. The second-order valence-corrected chi connectivity index (χ2v) is 4.00. The molecule has 19 heavy (non-hydrogen) atoms. The van der Waals surface area contributed by atoms with E-state index in [0.29, 0.717) is 18.0 Å². The fourth-order valence-corrected chi connectivity index (χ4v) is 1.64. The van der Waals surface area contributed by atoms with Gasteiger partial charge in [-0.2, -0.15) is 0 Å². The third kappa shape index (κ3) is 3.42. The van der Waals surface area contributed by atoms with Crippen LogP contribution in [-0.4, -0.2) is 22.5 Å². The van der Waals surface area contributed by atoms with Crippen molar-refractivity contribution in [3.63, 3.8) is 0 Å². The molecular formula is C13H12ClN3O2. The fourth-order valence-electron chi connectivity index (χ4n) is 1.49. The molecule has 2 aromatic rings. The van der Waals surface area contributed by atoms with E-state index >= 15 is 0 Å². The van der Waals surface area contributed by atoms with Gasteiger partial charge in [0, 0.05) is 0 Å². The Morgan fingerprint density at radius 3 is 2.89 bits per heavy atom. The summed E-state index contributed by atoms with van der Waals surface area (Å²) in [5.74, 6) is 0.218. The lowest BCUT2D eigenvalue weighted by Crippen LogP contribution is -2.14. The Morgan fingerprint density at radius 2 is 2.16 bits per heavy atom. The number of ether oxygens (including phenoxy) is 1. The Bertz CT molecular complexity index is 590. The molecule has 1 heterocycles. The monoisotopic (exact) mass is 277 g/mol. The quantitative estimate of drug-likeness (QED) is 0.933. The molecule has 0 bridgehead atoms. The van der Waals surface area contributed by atoms with Gasteiger partial charge in [0.15, 0.2) is 0 Å². The number of nitrogens with zero attached hydrogens (tertiary/aromatic N) is 2. The fraction of sp³-hybridized carbons (Fsp3) is 0.154. The highest BCUT2D eigenvalue weighted by atomic mass is 35.5. The number of nitrogens with one attached hydrogen (secondary N) is 1. The molecule has 1 aromatic carbocycles. The van der Waals surface area contributed by atoms with Gasteiger partial charge in [-0.1, -0.05) is 23.7 Å². The Labute approximate surface area is 115 Å². The van der Waals surface area contributed by atoms with E-state index in [0.717, 1.165) is 0 Å². The molecule has 0 saturated carbocycles. The number of para-hydroxylation sites is 2. The van der Waals surface area contributed by atoms with Crippen LogP contribution in [0.5, 0.6) is 5.75 Å². The highest BCUT2D eigenvalue weighted by Crippen LogP contribution is 2.24. The van der Waals surface area contributed by atoms with Crippen LogP contribution < -0.4 is 10.1 Å². The Kier molecular flexibility index (Phi) is 4.30. The van der Waals surface area contributed by atoms with Crippen molar-refractivity contribution in [2.75, 3.05) is 11.9 Å². The van der Waals surface area contributed by atoms with Crippen molar-refractivity contribution in [1.82, 2.24) is 9.97 Å². The minimum absolute atomic E-state index is 0.152. The SMILES string of the molecule is CCOc1ccccc1NC(=O)c1cncc(Cl)n1. The lowest BCUT2D eigenvalue weighted by molar-refractivity contribution is 0.102. The predicted octanol–water partition coefficient (Wildman–Crippen LogP) is 2.78. The number of rotatable bonds is 4. The molecule has 1 N–H and O–H groups in total. The molecule has 0 atom stereocenters. The third-order valence-electron chi connectivity index (χ3n) is 2.27. The number of benzene rings is 1. The van der Waals surface area contributed by atoms with Crippen molar-refractivity contribution in [2.45, 2.75) is 6.92 Å². The Hall–Kier alpha value is -2.14. The van der Waals surface area contributed by atoms with Gasteiger partial charge in [0.2, 0.25) is 0 Å². The highest BCUT2D eigenvalue weighted by Gasteiger charge is 2.11. The lowest BCUT2D eigenvalue weighted by Gasteiger charge is -2.10. The molecule has 0 fully saturated rings. The summed E-state index contributed by atoms with van der Waals surface area (Å²) < 4.78 is 5.42. The first kappa shape index (κ1) is 13.3. The molecule has 6 heteroatoms. The molecule has 1 amide bonds. The first-order chi connectivity index (χ1) is 9.20. The summed E-state index contributed by atoms with van der Waals surface area (Å²) >= 11 is 5.69. The number of hydrogen-bond donors (Lipinski definition) is 1. The maximum absolute atomic E-state index is 12.0. The molecule has 0 unspecified atom stereocenters. The molecule has 0 aliphatic carbocycles. The number of halogens is 1. The van der Waals surface area contributed by atoms with Crippen LogP contribution in [-0.2, 0) is 0 Å². The van der Waals surface area contributed by atoms with Crippen LogP contribution in [0.1, 0.15) is 17.4 Å². The second kappa shape index (κ2) is 6.15. The number of aromatic nitrogens is 2. The highest BCUT2D eigenvalue weighted by molar-refractivity contribution is 6.29. The van der Waals surface area contributed by atoms with Crippen molar-refractivity contribution in [1.29, 1.82) is 0 Å². The molecule has 0 aliphatic heterocycles. The standard InChI is InChI=1S/C13H12ClN3O2/c1-2-19-11-6-4-3-5-9(11)17-13(18)10-7-15-8-12(14)16-10/h3-8H,2H2,1H3,(H,17,18). The van der Waals surface area contributed by atoms with Gasteiger partial charge in [-0.05, 0) is 19.1 Å². The maximum Gasteiger partial charge on any atom is 0.276 e. The second-order valence-electron chi connectivity index (χ2n) is 3.61. The van der Waals surface area contributed by atoms with E-state index < -0.39 is 0 Å². The van der Waals surface area contributed by atoms with Crippen LogP contribution in [0.3, 0.4) is 0 Å². The van der Waals surface area contributed by atoms with Gasteiger partial charge in [0.1, 0.15) is 16.6 Å². The van der Waals surface area contributed by atoms with Crippen LogP contribution in [0.15, 0.2) is 36.7 Å². The van der Waals surface area contributed by atoms with Crippen molar-refractivity contribution in [3.05, 3.63) is 47.5 Å². The molecule has 0 saturated heterocycles. The topological polar surface area (TPSA) is 64.1 Å². The molecule has 0 radical (unpaired) electrons. The zero-order valence-electron chi connectivity index (χ0n) is 10.3. The van der Waals surface area contributed by atoms with E-state index in [4.69, 9.17) is 16.3 Å². The van der Waals surface area contributed by atoms with Crippen LogP contribution in [0, 0.1) is 0 Å². The number of hydrogen-bond acceptors (Lipinski definition) is 4. The molecule has 1 aromatic heterocycles. The molecular weight excluding hydrogens is 266 g/mol. The number of anilines is 1. The lowest BCUT2D eigenvalue weighted by atomic mass is 10.3. The van der Waals surface area contributed by atoms with Crippen molar-refractivity contribution in [2.24, 2.45) is 0 Å². The van der Waals surface area contributed by atoms with Gasteiger partial charge < -0.3 is 10.1 Å². The molecule has 0 aliphatic rings. The molecule has 5 nitrogen and oxygen atoms in total. The van der Waals surface area contributed by atoms with Gasteiger partial charge in [0.25, 0.3) is 5.91 Å². The predicted molar refractivity (Wildman–Crippen MR) is 72.6 cm³/mol. The Balaban J connectivity index is 2.19. The average molecular weight is 278 g/mol. The van der Waals surface area contributed by atoms with Gasteiger partial charge in [0.05, 0.1) is 24.7 Å². The van der Waals surface area contributed by atoms with Crippen molar-refractivity contribution < 1.29 is 9.53 Å². The largest absolute Gasteiger partial charge is 0.492 e. The summed E-state index contributed by atoms with van der Waals surface area (Å²) in [7, 11) is 0. The minimum Gasteiger partial charge on any atom is -0.492 e. The molecule has 2 rings (SSSR count). The van der Waals surface area contributed by atoms with Crippen LogP contribution >= 0.6 is 11.6 Å². The first-order valence-electron chi connectivity index (χ1n) is 5.71. The first-order valence-corrected chi connectivity index (χ1v) is 6.09. The maximum atomic E-state index is 12.0. The molecule has 98 valence electrons. The number of carbonyl (C=O) groups is 1. The summed E-state index contributed by atoms with van der Waals surface area (Å²) in [5.41, 5.74) is 0.731. The number of carbonyl (C=O) groups excluding carboxylic acids is 1. The van der Waals surface area contributed by atoms with Crippen molar-refractivity contribution in [3.8, 4) is 5.75 Å². The van der Waals surface area contributed by atoms with Gasteiger partial charge in [-0.25, -0.2) is 4.98 Å². The minimum atomic E-state index is -0.387. The zero-order valence-corrected chi connectivity index (χ0v) is 11.0. The summed E-state index contributed by atoms with van der Waals surface area (Å²) in [6, 6.07) is 7.17. The van der Waals surface area contributed by atoms with Gasteiger partial charge >= 0.3 is 0 Å². The van der Waals surface area contributed by atoms with E-state index in [1.54, 1.807) is 12.1 Å². The zero-order chi connectivity index (χ0) is 13.7. The smallest absolute Gasteiger partial charge is 0.276 e. The van der Waals surface area contributed by atoms with Crippen LogP contribution in [0.2, 0.25) is 5.15 Å². The summed E-state index contributed by atoms with van der Waals surface area (Å²) in [4.78, 5) is 19.7. The molecule has 0 spiro atoms. The van der Waals surface area contributed by atoms with E-state index in [9.17, 15) is 4.79 Å². The summed E-state index contributed by atoms with van der Waals surface area (Å²) in [6.45, 7) is 2.39. The van der Waals surface area contributed by atoms with E-state index in [2.05, 4.69) is 15.3 Å². The van der Waals surface area contributed by atoms with Crippen molar-refractivity contribution >= 4 is 23.2 Å². The Morgan fingerprint density at radius 1 is 1.37 bits per heavy atom. The van der Waals surface area contributed by atoms with E-state index in [1.807, 2.05) is 19.1 Å². The van der Waals surface area contributed by atoms with E-state index in [-0.39, 0.29) is 16.8 Å². The number of amides is 1. The average Bonchev–Trinajstić information content (AvgIpc) is 2.41. The third-order valence-corrected chi connectivity index (χ3v) is 2.45. The normalized spacial score (nSPS) is 10.0. The van der Waals surface area contributed by atoms with Crippen LogP contribution in [0.4, 0.5) is 5.69 Å². The van der Waals surface area contributed by atoms with Crippen LogP contribution in [0.25, 0.3) is 0 Å². The van der Waals surface area contributed by atoms with Gasteiger partial charge in [-0.3, -0.25) is 9.78 Å². The summed E-state index contributed by atoms with van der Waals surface area (Å²) in [5, 5.41) is 2.89.